The average Bonchev–Trinajstić information content (AvgIpc) is 2.78. The maximum absolute atomic E-state index is 11.9. The van der Waals surface area contributed by atoms with Gasteiger partial charge in [0.1, 0.15) is 10.7 Å². The molecule has 1 aromatic rings. The third-order valence-electron chi connectivity index (χ3n) is 3.03. The zero-order valence-corrected chi connectivity index (χ0v) is 11.8. The minimum absolute atomic E-state index is 0.100. The van der Waals surface area contributed by atoms with Gasteiger partial charge in [0, 0.05) is 30.9 Å². The van der Waals surface area contributed by atoms with Crippen molar-refractivity contribution >= 4 is 28.3 Å². The first kappa shape index (κ1) is 13.9. The summed E-state index contributed by atoms with van der Waals surface area (Å²) in [6.45, 7) is 3.14. The Morgan fingerprint density at radius 2 is 1.95 bits per heavy atom. The molecule has 0 radical (unpaired) electrons. The molecule has 1 aliphatic rings. The topological polar surface area (TPSA) is 75.2 Å². The Hall–Kier alpha value is -1.50. The smallest absolute Gasteiger partial charge is 0.229 e. The maximum atomic E-state index is 11.9. The monoisotopic (exact) mass is 282 g/mol. The minimum atomic E-state index is -0.100. The highest BCUT2D eigenvalue weighted by molar-refractivity contribution is 7.10. The normalized spacial score (nSPS) is 16.6. The zero-order valence-electron chi connectivity index (χ0n) is 11.0. The Bertz CT molecular complexity index is 442. The molecule has 0 spiro atoms. The third kappa shape index (κ3) is 3.50. The van der Waals surface area contributed by atoms with Crippen LogP contribution < -0.4 is 5.32 Å². The second kappa shape index (κ2) is 6.60. The fourth-order valence-corrected chi connectivity index (χ4v) is 2.57. The fraction of sp³-hybridized carbons (Fsp3) is 0.667. The molecular formula is C12H18N4O2S. The summed E-state index contributed by atoms with van der Waals surface area (Å²) in [6.07, 6.45) is 3.47. The highest BCUT2D eigenvalue weighted by Gasteiger charge is 2.26. The molecule has 7 heteroatoms. The van der Waals surface area contributed by atoms with Crippen molar-refractivity contribution in [1.82, 2.24) is 14.5 Å². The first-order valence-corrected chi connectivity index (χ1v) is 7.38. The van der Waals surface area contributed by atoms with Crippen LogP contribution in [0.5, 0.6) is 0 Å². The van der Waals surface area contributed by atoms with Crippen molar-refractivity contribution in [3.05, 3.63) is 5.69 Å². The molecule has 0 bridgehead atoms. The van der Waals surface area contributed by atoms with Gasteiger partial charge in [-0.1, -0.05) is 11.4 Å². The quantitative estimate of drug-likeness (QED) is 0.833. The highest BCUT2D eigenvalue weighted by atomic mass is 32.1. The Balaban J connectivity index is 2.08. The van der Waals surface area contributed by atoms with Crippen LogP contribution in [0.4, 0.5) is 5.00 Å². The van der Waals surface area contributed by atoms with Gasteiger partial charge in [-0.05, 0) is 19.3 Å². The molecule has 0 saturated carbocycles. The zero-order chi connectivity index (χ0) is 13.7. The summed E-state index contributed by atoms with van der Waals surface area (Å²) >= 11 is 1.26. The van der Waals surface area contributed by atoms with E-state index in [0.717, 1.165) is 30.8 Å². The Labute approximate surface area is 116 Å². The van der Waals surface area contributed by atoms with Crippen molar-refractivity contribution in [2.45, 2.75) is 45.6 Å². The molecule has 104 valence electrons. The summed E-state index contributed by atoms with van der Waals surface area (Å²) in [5.41, 5.74) is 0.682. The second-order valence-electron chi connectivity index (χ2n) is 4.56. The van der Waals surface area contributed by atoms with E-state index in [1.165, 1.54) is 16.4 Å². The number of imide groups is 1. The molecule has 1 aromatic heterocycles. The Morgan fingerprint density at radius 1 is 1.26 bits per heavy atom. The van der Waals surface area contributed by atoms with Gasteiger partial charge in [-0.3, -0.25) is 14.5 Å². The summed E-state index contributed by atoms with van der Waals surface area (Å²) in [4.78, 5) is 25.2. The largest absolute Gasteiger partial charge is 0.374 e. The van der Waals surface area contributed by atoms with Crippen LogP contribution in [0.15, 0.2) is 0 Å². The number of nitrogens with one attached hydrogen (secondary N) is 1. The van der Waals surface area contributed by atoms with Crippen LogP contribution in [0.3, 0.4) is 0 Å². The number of rotatable bonds is 5. The second-order valence-corrected chi connectivity index (χ2v) is 5.31. The number of carbonyl (C=O) groups is 2. The van der Waals surface area contributed by atoms with Crippen LogP contribution in [0.25, 0.3) is 0 Å². The number of nitrogens with zero attached hydrogens (tertiary/aromatic N) is 3. The van der Waals surface area contributed by atoms with Crippen LogP contribution in [0.1, 0.15) is 44.7 Å². The van der Waals surface area contributed by atoms with Gasteiger partial charge in [0.25, 0.3) is 0 Å². The predicted octanol–water partition coefficient (Wildman–Crippen LogP) is 1.79. The van der Waals surface area contributed by atoms with Crippen LogP contribution in [-0.2, 0) is 16.1 Å². The van der Waals surface area contributed by atoms with E-state index < -0.39 is 0 Å². The molecule has 6 nitrogen and oxygen atoms in total. The number of hydrogen-bond donors (Lipinski definition) is 1. The van der Waals surface area contributed by atoms with E-state index in [-0.39, 0.29) is 18.4 Å². The minimum Gasteiger partial charge on any atom is -0.374 e. The lowest BCUT2D eigenvalue weighted by Crippen LogP contribution is -2.34. The number of amides is 2. The van der Waals surface area contributed by atoms with Crippen molar-refractivity contribution in [2.75, 3.05) is 11.9 Å². The molecule has 0 atom stereocenters. The van der Waals surface area contributed by atoms with Crippen molar-refractivity contribution < 1.29 is 9.59 Å². The molecule has 1 N–H and O–H groups in total. The van der Waals surface area contributed by atoms with E-state index in [4.69, 9.17) is 0 Å². The summed E-state index contributed by atoms with van der Waals surface area (Å²) in [5.74, 6) is -0.200. The van der Waals surface area contributed by atoms with E-state index in [0.29, 0.717) is 18.5 Å². The number of anilines is 1. The van der Waals surface area contributed by atoms with Crippen LogP contribution in [0.2, 0.25) is 0 Å². The lowest BCUT2D eigenvalue weighted by molar-refractivity contribution is -0.144. The van der Waals surface area contributed by atoms with E-state index in [9.17, 15) is 9.59 Å². The van der Waals surface area contributed by atoms with Gasteiger partial charge in [0.05, 0.1) is 6.54 Å². The average molecular weight is 282 g/mol. The van der Waals surface area contributed by atoms with Crippen molar-refractivity contribution in [3.63, 3.8) is 0 Å². The fourth-order valence-electron chi connectivity index (χ4n) is 1.97. The van der Waals surface area contributed by atoms with Gasteiger partial charge in [-0.2, -0.15) is 0 Å². The number of hydrogen-bond acceptors (Lipinski definition) is 6. The summed E-state index contributed by atoms with van der Waals surface area (Å²) in [6, 6.07) is 0. The van der Waals surface area contributed by atoms with Gasteiger partial charge in [0.15, 0.2) is 0 Å². The maximum Gasteiger partial charge on any atom is 0.229 e. The standard InChI is InChI=1S/C12H18N4O2S/c1-2-7-13-12-9(14-15-19-12)8-16-10(17)5-3-4-6-11(16)18/h13H,2-8H2,1H3. The molecule has 0 aromatic carbocycles. The van der Waals surface area contributed by atoms with Crippen LogP contribution >= 0.6 is 11.5 Å². The van der Waals surface area contributed by atoms with E-state index in [2.05, 4.69) is 21.8 Å². The van der Waals surface area contributed by atoms with Crippen LogP contribution in [0, 0.1) is 0 Å². The Kier molecular flexibility index (Phi) is 4.84. The van der Waals surface area contributed by atoms with Crippen molar-refractivity contribution in [3.8, 4) is 0 Å². The van der Waals surface area contributed by atoms with E-state index in [1.54, 1.807) is 0 Å². The first-order valence-electron chi connectivity index (χ1n) is 6.60. The highest BCUT2D eigenvalue weighted by Crippen LogP contribution is 2.22. The number of likely N-dealkylation sites (tertiary alicyclic amines) is 1. The molecule has 1 aliphatic heterocycles. The lowest BCUT2D eigenvalue weighted by Gasteiger charge is -2.17. The predicted molar refractivity (Wildman–Crippen MR) is 72.7 cm³/mol. The summed E-state index contributed by atoms with van der Waals surface area (Å²) < 4.78 is 3.89. The molecule has 1 saturated heterocycles. The third-order valence-corrected chi connectivity index (χ3v) is 3.76. The van der Waals surface area contributed by atoms with Crippen molar-refractivity contribution in [1.29, 1.82) is 0 Å². The van der Waals surface area contributed by atoms with Gasteiger partial charge in [-0.15, -0.1) is 5.10 Å². The molecule has 0 unspecified atom stereocenters. The van der Waals surface area contributed by atoms with Gasteiger partial charge >= 0.3 is 0 Å². The Morgan fingerprint density at radius 3 is 2.58 bits per heavy atom. The number of aromatic nitrogens is 2. The SMILES string of the molecule is CCCNc1snnc1CN1C(=O)CCCCC1=O. The summed E-state index contributed by atoms with van der Waals surface area (Å²) in [5, 5.41) is 8.10. The van der Waals surface area contributed by atoms with Gasteiger partial charge < -0.3 is 5.32 Å². The van der Waals surface area contributed by atoms with Crippen molar-refractivity contribution in [2.24, 2.45) is 0 Å². The van der Waals surface area contributed by atoms with E-state index >= 15 is 0 Å². The lowest BCUT2D eigenvalue weighted by atomic mass is 10.2. The molecule has 0 aliphatic carbocycles. The molecule has 2 amide bonds. The molecule has 1 fully saturated rings. The van der Waals surface area contributed by atoms with Gasteiger partial charge in [-0.25, -0.2) is 0 Å². The molecule has 2 rings (SSSR count). The van der Waals surface area contributed by atoms with Crippen LogP contribution in [-0.4, -0.2) is 32.8 Å². The van der Waals surface area contributed by atoms with Gasteiger partial charge in [0.2, 0.25) is 11.8 Å². The summed E-state index contributed by atoms with van der Waals surface area (Å²) in [7, 11) is 0. The van der Waals surface area contributed by atoms with E-state index in [1.807, 2.05) is 0 Å². The first-order chi connectivity index (χ1) is 9.22. The number of carbonyl (C=O) groups excluding carboxylic acids is 2. The molecular weight excluding hydrogens is 264 g/mol. The molecule has 19 heavy (non-hydrogen) atoms. The molecule has 2 heterocycles.